The Labute approximate surface area is 116 Å². The highest BCUT2D eigenvalue weighted by Crippen LogP contribution is 2.33. The summed E-state index contributed by atoms with van der Waals surface area (Å²) in [7, 11) is 0. The standard InChI is InChI=1S/C16H12N2O2/c17-9-13(12-2-4-14(18)5-3-12)7-11-1-6-15-16(8-11)20-10-19-15/h1-8H,10,18H2/b13-7-. The molecule has 0 radical (unpaired) electrons. The van der Waals surface area contributed by atoms with Gasteiger partial charge in [0.05, 0.1) is 11.6 Å². The monoisotopic (exact) mass is 264 g/mol. The lowest BCUT2D eigenvalue weighted by Crippen LogP contribution is -1.92. The normalized spacial score (nSPS) is 13.1. The van der Waals surface area contributed by atoms with Crippen molar-refractivity contribution in [2.45, 2.75) is 0 Å². The lowest BCUT2D eigenvalue weighted by molar-refractivity contribution is 0.174. The molecule has 0 unspecified atom stereocenters. The zero-order chi connectivity index (χ0) is 13.9. The van der Waals surface area contributed by atoms with Gasteiger partial charge in [0.25, 0.3) is 0 Å². The minimum atomic E-state index is 0.242. The number of hydrogen-bond acceptors (Lipinski definition) is 4. The van der Waals surface area contributed by atoms with Crippen LogP contribution in [-0.2, 0) is 0 Å². The van der Waals surface area contributed by atoms with Crippen molar-refractivity contribution < 1.29 is 9.47 Å². The molecule has 2 N–H and O–H groups in total. The van der Waals surface area contributed by atoms with Crippen LogP contribution in [0.25, 0.3) is 11.6 Å². The van der Waals surface area contributed by atoms with Crippen molar-refractivity contribution in [3.8, 4) is 17.6 Å². The highest BCUT2D eigenvalue weighted by molar-refractivity contribution is 5.90. The minimum Gasteiger partial charge on any atom is -0.454 e. The van der Waals surface area contributed by atoms with E-state index in [0.717, 1.165) is 16.9 Å². The molecule has 0 saturated heterocycles. The van der Waals surface area contributed by atoms with Crippen molar-refractivity contribution in [1.82, 2.24) is 0 Å². The van der Waals surface area contributed by atoms with Crippen molar-refractivity contribution in [2.24, 2.45) is 0 Å². The zero-order valence-corrected chi connectivity index (χ0v) is 10.7. The van der Waals surface area contributed by atoms with Crippen molar-refractivity contribution in [3.63, 3.8) is 0 Å². The van der Waals surface area contributed by atoms with Crippen LogP contribution in [0, 0.1) is 11.3 Å². The number of allylic oxidation sites excluding steroid dienone is 1. The summed E-state index contributed by atoms with van der Waals surface area (Å²) in [6, 6.07) is 15.0. The molecule has 0 fully saturated rings. The van der Waals surface area contributed by atoms with Gasteiger partial charge in [0.2, 0.25) is 6.79 Å². The van der Waals surface area contributed by atoms with E-state index in [9.17, 15) is 5.26 Å². The van der Waals surface area contributed by atoms with Gasteiger partial charge in [0, 0.05) is 5.69 Å². The Kier molecular flexibility index (Phi) is 3.02. The summed E-state index contributed by atoms with van der Waals surface area (Å²) in [6.45, 7) is 0.242. The third-order valence-electron chi connectivity index (χ3n) is 3.05. The Bertz CT molecular complexity index is 712. The molecular formula is C16H12N2O2. The van der Waals surface area contributed by atoms with Crippen molar-refractivity contribution in [1.29, 1.82) is 5.26 Å². The van der Waals surface area contributed by atoms with Crippen LogP contribution < -0.4 is 15.2 Å². The number of hydrogen-bond donors (Lipinski definition) is 1. The van der Waals surface area contributed by atoms with E-state index in [1.165, 1.54) is 0 Å². The molecule has 3 rings (SSSR count). The van der Waals surface area contributed by atoms with Crippen LogP contribution in [0.3, 0.4) is 0 Å². The summed E-state index contributed by atoms with van der Waals surface area (Å²) in [6.07, 6.45) is 1.81. The Hall–Kier alpha value is -2.93. The third-order valence-corrected chi connectivity index (χ3v) is 3.05. The van der Waals surface area contributed by atoms with E-state index >= 15 is 0 Å². The molecule has 1 heterocycles. The molecule has 0 spiro atoms. The fourth-order valence-corrected chi connectivity index (χ4v) is 2.01. The Morgan fingerprint density at radius 3 is 2.60 bits per heavy atom. The van der Waals surface area contributed by atoms with Crippen LogP contribution >= 0.6 is 0 Å². The van der Waals surface area contributed by atoms with Crippen LogP contribution in [0.15, 0.2) is 42.5 Å². The molecule has 0 aromatic heterocycles. The van der Waals surface area contributed by atoms with Gasteiger partial charge in [-0.1, -0.05) is 18.2 Å². The Morgan fingerprint density at radius 2 is 1.85 bits per heavy atom. The van der Waals surface area contributed by atoms with Gasteiger partial charge in [-0.05, 0) is 41.5 Å². The van der Waals surface area contributed by atoms with Gasteiger partial charge in [-0.2, -0.15) is 5.26 Å². The molecule has 0 bridgehead atoms. The minimum absolute atomic E-state index is 0.242. The second-order valence-corrected chi connectivity index (χ2v) is 4.40. The van der Waals surface area contributed by atoms with Gasteiger partial charge in [-0.25, -0.2) is 0 Å². The van der Waals surface area contributed by atoms with Crippen LogP contribution in [-0.4, -0.2) is 6.79 Å². The predicted octanol–water partition coefficient (Wildman–Crippen LogP) is 3.06. The summed E-state index contributed by atoms with van der Waals surface area (Å²) in [5.41, 5.74) is 8.62. The summed E-state index contributed by atoms with van der Waals surface area (Å²) in [4.78, 5) is 0. The number of ether oxygens (including phenoxy) is 2. The van der Waals surface area contributed by atoms with Crippen molar-refractivity contribution in [2.75, 3.05) is 12.5 Å². The topological polar surface area (TPSA) is 68.3 Å². The van der Waals surface area contributed by atoms with Gasteiger partial charge >= 0.3 is 0 Å². The molecule has 0 atom stereocenters. The average molecular weight is 264 g/mol. The first-order valence-corrected chi connectivity index (χ1v) is 6.13. The van der Waals surface area contributed by atoms with Gasteiger partial charge in [-0.15, -0.1) is 0 Å². The molecule has 0 amide bonds. The molecular weight excluding hydrogens is 252 g/mol. The molecule has 1 aliphatic rings. The SMILES string of the molecule is N#C/C(=C/c1ccc2c(c1)OCO2)c1ccc(N)cc1. The smallest absolute Gasteiger partial charge is 0.231 e. The summed E-state index contributed by atoms with van der Waals surface area (Å²) in [5.74, 6) is 1.43. The van der Waals surface area contributed by atoms with Crippen LogP contribution in [0.5, 0.6) is 11.5 Å². The maximum absolute atomic E-state index is 9.30. The van der Waals surface area contributed by atoms with E-state index < -0.39 is 0 Å². The molecule has 1 aliphatic heterocycles. The molecule has 4 heteroatoms. The number of nitrogens with zero attached hydrogens (tertiary/aromatic N) is 1. The fraction of sp³-hybridized carbons (Fsp3) is 0.0625. The Morgan fingerprint density at radius 1 is 1.10 bits per heavy atom. The van der Waals surface area contributed by atoms with E-state index in [0.29, 0.717) is 17.0 Å². The van der Waals surface area contributed by atoms with E-state index in [1.54, 1.807) is 12.1 Å². The van der Waals surface area contributed by atoms with E-state index in [4.69, 9.17) is 15.2 Å². The number of rotatable bonds is 2. The number of anilines is 1. The quantitative estimate of drug-likeness (QED) is 0.514. The molecule has 0 saturated carbocycles. The lowest BCUT2D eigenvalue weighted by Gasteiger charge is -2.02. The highest BCUT2D eigenvalue weighted by Gasteiger charge is 2.12. The largest absolute Gasteiger partial charge is 0.454 e. The molecule has 0 aliphatic carbocycles. The molecule has 4 nitrogen and oxygen atoms in total. The lowest BCUT2D eigenvalue weighted by atomic mass is 10.0. The van der Waals surface area contributed by atoms with Gasteiger partial charge in [-0.3, -0.25) is 0 Å². The second-order valence-electron chi connectivity index (χ2n) is 4.40. The second kappa shape index (κ2) is 4.98. The van der Waals surface area contributed by atoms with E-state index in [2.05, 4.69) is 6.07 Å². The number of fused-ring (bicyclic) bond motifs is 1. The molecule has 98 valence electrons. The predicted molar refractivity (Wildman–Crippen MR) is 76.9 cm³/mol. The molecule has 2 aromatic rings. The highest BCUT2D eigenvalue weighted by atomic mass is 16.7. The average Bonchev–Trinajstić information content (AvgIpc) is 2.93. The first-order chi connectivity index (χ1) is 9.76. The van der Waals surface area contributed by atoms with Gasteiger partial charge in [0.15, 0.2) is 11.5 Å². The molecule has 2 aromatic carbocycles. The van der Waals surface area contributed by atoms with Gasteiger partial charge in [0.1, 0.15) is 0 Å². The summed E-state index contributed by atoms with van der Waals surface area (Å²) in [5, 5.41) is 9.30. The maximum Gasteiger partial charge on any atom is 0.231 e. The number of nitriles is 1. The van der Waals surface area contributed by atoms with Crippen molar-refractivity contribution in [3.05, 3.63) is 53.6 Å². The van der Waals surface area contributed by atoms with Crippen molar-refractivity contribution >= 4 is 17.3 Å². The summed E-state index contributed by atoms with van der Waals surface area (Å²) >= 11 is 0. The Balaban J connectivity index is 1.97. The first-order valence-electron chi connectivity index (χ1n) is 6.13. The first kappa shape index (κ1) is 12.1. The third kappa shape index (κ3) is 2.29. The fourth-order valence-electron chi connectivity index (χ4n) is 2.01. The molecule has 20 heavy (non-hydrogen) atoms. The van der Waals surface area contributed by atoms with Gasteiger partial charge < -0.3 is 15.2 Å². The van der Waals surface area contributed by atoms with Crippen LogP contribution in [0.4, 0.5) is 5.69 Å². The number of benzene rings is 2. The number of nitrogen functional groups attached to an aromatic ring is 1. The maximum atomic E-state index is 9.30. The van der Waals surface area contributed by atoms with Crippen LogP contribution in [0.2, 0.25) is 0 Å². The van der Waals surface area contributed by atoms with E-state index in [1.807, 2.05) is 36.4 Å². The van der Waals surface area contributed by atoms with E-state index in [-0.39, 0.29) is 6.79 Å². The summed E-state index contributed by atoms with van der Waals surface area (Å²) < 4.78 is 10.6. The number of nitrogens with two attached hydrogens (primary N) is 1. The zero-order valence-electron chi connectivity index (χ0n) is 10.7. The van der Waals surface area contributed by atoms with Crippen LogP contribution in [0.1, 0.15) is 11.1 Å².